The lowest BCUT2D eigenvalue weighted by molar-refractivity contribution is 0.191. The van der Waals surface area contributed by atoms with Gasteiger partial charge in [0, 0.05) is 56.2 Å². The van der Waals surface area contributed by atoms with Gasteiger partial charge in [-0.25, -0.2) is 9.78 Å². The summed E-state index contributed by atoms with van der Waals surface area (Å²) < 4.78 is 7.61. The number of imidazole rings is 1. The summed E-state index contributed by atoms with van der Waals surface area (Å²) in [6.07, 6.45) is 3.99. The van der Waals surface area contributed by atoms with Crippen LogP contribution in [-0.4, -0.2) is 54.6 Å². The first-order valence-corrected chi connectivity index (χ1v) is 12.4. The topological polar surface area (TPSA) is 62.1 Å². The van der Waals surface area contributed by atoms with E-state index >= 15 is 0 Å². The number of nitrogens with one attached hydrogen (secondary N) is 1. The molecule has 2 aromatic carbocycles. The van der Waals surface area contributed by atoms with Crippen molar-refractivity contribution in [2.45, 2.75) is 25.7 Å². The number of pyridine rings is 1. The number of anilines is 2. The SMILES string of the molecule is COc1cccc(-c2nc(C3CCCN(C(=O)Nc4ccc(N(C)C)cc4C)C3)n3ccccc23)c1. The number of aromatic nitrogens is 2. The van der Waals surface area contributed by atoms with Gasteiger partial charge in [-0.05, 0) is 67.8 Å². The molecule has 4 aromatic rings. The summed E-state index contributed by atoms with van der Waals surface area (Å²) >= 11 is 0. The number of piperidine rings is 1. The Kier molecular flexibility index (Phi) is 6.55. The van der Waals surface area contributed by atoms with Crippen molar-refractivity contribution in [1.82, 2.24) is 14.3 Å². The number of carbonyl (C=O) groups excluding carboxylic acids is 1. The lowest BCUT2D eigenvalue weighted by Crippen LogP contribution is -2.42. The lowest BCUT2D eigenvalue weighted by Gasteiger charge is -2.32. The molecule has 186 valence electrons. The predicted molar refractivity (Wildman–Crippen MR) is 145 cm³/mol. The number of benzene rings is 2. The smallest absolute Gasteiger partial charge is 0.321 e. The molecule has 1 aliphatic heterocycles. The number of rotatable bonds is 5. The highest BCUT2D eigenvalue weighted by Gasteiger charge is 2.29. The van der Waals surface area contributed by atoms with E-state index in [0.29, 0.717) is 6.54 Å². The van der Waals surface area contributed by atoms with Gasteiger partial charge in [0.2, 0.25) is 0 Å². The van der Waals surface area contributed by atoms with Gasteiger partial charge in [-0.3, -0.25) is 0 Å². The fourth-order valence-electron chi connectivity index (χ4n) is 4.97. The number of nitrogens with zero attached hydrogens (tertiary/aromatic N) is 4. The molecule has 3 heterocycles. The van der Waals surface area contributed by atoms with Crippen molar-refractivity contribution in [3.05, 3.63) is 78.2 Å². The molecule has 5 rings (SSSR count). The molecule has 7 nitrogen and oxygen atoms in total. The Morgan fingerprint density at radius 1 is 1.11 bits per heavy atom. The zero-order valence-electron chi connectivity index (χ0n) is 21.4. The summed E-state index contributed by atoms with van der Waals surface area (Å²) in [5.41, 5.74) is 6.01. The Hall–Kier alpha value is -4.00. The zero-order chi connectivity index (χ0) is 25.2. The number of urea groups is 1. The van der Waals surface area contributed by atoms with Crippen LogP contribution in [0.2, 0.25) is 0 Å². The average molecular weight is 484 g/mol. The highest BCUT2D eigenvalue weighted by Crippen LogP contribution is 2.33. The van der Waals surface area contributed by atoms with Crippen LogP contribution in [0.25, 0.3) is 16.8 Å². The number of ether oxygens (including phenoxy) is 1. The monoisotopic (exact) mass is 483 g/mol. The first-order chi connectivity index (χ1) is 17.4. The fraction of sp³-hybridized carbons (Fsp3) is 0.310. The van der Waals surface area contributed by atoms with E-state index in [4.69, 9.17) is 9.72 Å². The third kappa shape index (κ3) is 4.61. The molecule has 1 aliphatic rings. The van der Waals surface area contributed by atoms with Crippen molar-refractivity contribution in [2.24, 2.45) is 0 Å². The zero-order valence-corrected chi connectivity index (χ0v) is 21.4. The number of carbonyl (C=O) groups is 1. The highest BCUT2D eigenvalue weighted by atomic mass is 16.5. The van der Waals surface area contributed by atoms with E-state index in [0.717, 1.165) is 64.7 Å². The number of likely N-dealkylation sites (tertiary alicyclic amines) is 1. The minimum atomic E-state index is -0.0608. The van der Waals surface area contributed by atoms with Crippen LogP contribution in [0.15, 0.2) is 66.9 Å². The summed E-state index contributed by atoms with van der Waals surface area (Å²) in [5.74, 6) is 1.95. The summed E-state index contributed by atoms with van der Waals surface area (Å²) in [5, 5.41) is 3.13. The van der Waals surface area contributed by atoms with E-state index in [1.165, 1.54) is 0 Å². The average Bonchev–Trinajstić information content (AvgIpc) is 3.29. The van der Waals surface area contributed by atoms with Gasteiger partial charge in [0.25, 0.3) is 0 Å². The first kappa shape index (κ1) is 23.7. The molecular formula is C29H33N5O2. The normalized spacial score (nSPS) is 15.7. The predicted octanol–water partition coefficient (Wildman–Crippen LogP) is 5.80. The largest absolute Gasteiger partial charge is 0.497 e. The molecule has 2 aromatic heterocycles. The lowest BCUT2D eigenvalue weighted by atomic mass is 9.97. The Bertz CT molecular complexity index is 1390. The van der Waals surface area contributed by atoms with Gasteiger partial charge in [-0.2, -0.15) is 0 Å². The number of hydrogen-bond acceptors (Lipinski definition) is 4. The van der Waals surface area contributed by atoms with Crippen LogP contribution in [0.3, 0.4) is 0 Å². The second-order valence-electron chi connectivity index (χ2n) is 9.62. The molecule has 0 saturated carbocycles. The van der Waals surface area contributed by atoms with Gasteiger partial charge in [0.15, 0.2) is 0 Å². The molecule has 1 saturated heterocycles. The highest BCUT2D eigenvalue weighted by molar-refractivity contribution is 5.90. The summed E-state index contributed by atoms with van der Waals surface area (Å²) in [4.78, 5) is 22.3. The van der Waals surface area contributed by atoms with E-state index in [2.05, 4.69) is 39.0 Å². The number of hydrogen-bond donors (Lipinski definition) is 1. The van der Waals surface area contributed by atoms with Crippen molar-refractivity contribution in [3.63, 3.8) is 0 Å². The van der Waals surface area contributed by atoms with Crippen molar-refractivity contribution in [2.75, 3.05) is 44.5 Å². The Morgan fingerprint density at radius 3 is 2.75 bits per heavy atom. The van der Waals surface area contributed by atoms with Crippen LogP contribution in [0.1, 0.15) is 30.1 Å². The number of fused-ring (bicyclic) bond motifs is 1. The Morgan fingerprint density at radius 2 is 1.97 bits per heavy atom. The molecule has 0 bridgehead atoms. The van der Waals surface area contributed by atoms with E-state index < -0.39 is 0 Å². The van der Waals surface area contributed by atoms with E-state index in [1.807, 2.05) is 68.4 Å². The van der Waals surface area contributed by atoms with Gasteiger partial charge in [0.05, 0.1) is 18.3 Å². The molecule has 1 unspecified atom stereocenters. The van der Waals surface area contributed by atoms with Crippen molar-refractivity contribution < 1.29 is 9.53 Å². The molecule has 0 aliphatic carbocycles. The van der Waals surface area contributed by atoms with Gasteiger partial charge >= 0.3 is 6.03 Å². The maximum Gasteiger partial charge on any atom is 0.321 e. The van der Waals surface area contributed by atoms with Crippen molar-refractivity contribution in [1.29, 1.82) is 0 Å². The number of aryl methyl sites for hydroxylation is 1. The van der Waals surface area contributed by atoms with Gasteiger partial charge in [0.1, 0.15) is 11.6 Å². The molecule has 36 heavy (non-hydrogen) atoms. The van der Waals surface area contributed by atoms with Crippen LogP contribution in [0.4, 0.5) is 16.2 Å². The first-order valence-electron chi connectivity index (χ1n) is 12.4. The summed E-state index contributed by atoms with van der Waals surface area (Å²) in [7, 11) is 5.70. The van der Waals surface area contributed by atoms with E-state index in [1.54, 1.807) is 7.11 Å². The van der Waals surface area contributed by atoms with Crippen LogP contribution >= 0.6 is 0 Å². The van der Waals surface area contributed by atoms with Gasteiger partial charge in [-0.15, -0.1) is 0 Å². The molecule has 2 amide bonds. The van der Waals surface area contributed by atoms with Crippen LogP contribution in [0, 0.1) is 6.92 Å². The van der Waals surface area contributed by atoms with E-state index in [9.17, 15) is 4.79 Å². The molecule has 0 radical (unpaired) electrons. The molecule has 1 atom stereocenters. The second kappa shape index (κ2) is 9.93. The number of amides is 2. The van der Waals surface area contributed by atoms with Crippen LogP contribution in [0.5, 0.6) is 5.75 Å². The van der Waals surface area contributed by atoms with Crippen molar-refractivity contribution >= 4 is 22.9 Å². The van der Waals surface area contributed by atoms with Gasteiger partial charge in [-0.1, -0.05) is 18.2 Å². The van der Waals surface area contributed by atoms with Crippen LogP contribution in [-0.2, 0) is 0 Å². The molecule has 1 fully saturated rings. The quantitative estimate of drug-likeness (QED) is 0.390. The summed E-state index contributed by atoms with van der Waals surface area (Å²) in [6.45, 7) is 3.40. The van der Waals surface area contributed by atoms with E-state index in [-0.39, 0.29) is 11.9 Å². The van der Waals surface area contributed by atoms with Crippen LogP contribution < -0.4 is 15.0 Å². The Balaban J connectivity index is 1.40. The number of methoxy groups -OCH3 is 1. The molecule has 7 heteroatoms. The fourth-order valence-corrected chi connectivity index (χ4v) is 4.97. The second-order valence-corrected chi connectivity index (χ2v) is 9.62. The molecule has 0 spiro atoms. The third-order valence-electron chi connectivity index (χ3n) is 6.96. The molecular weight excluding hydrogens is 450 g/mol. The minimum absolute atomic E-state index is 0.0608. The third-order valence-corrected chi connectivity index (χ3v) is 6.96. The maximum atomic E-state index is 13.2. The standard InChI is InChI=1S/C29H33N5O2/c1-20-17-23(32(2)3)13-14-25(20)30-29(35)33-15-8-10-22(19-33)28-31-27(26-12-5-6-16-34(26)28)21-9-7-11-24(18-21)36-4/h5-7,9,11-14,16-18,22H,8,10,15,19H2,1-4H3,(H,30,35). The minimum Gasteiger partial charge on any atom is -0.497 e. The van der Waals surface area contributed by atoms with Gasteiger partial charge < -0.3 is 24.3 Å². The molecule has 1 N–H and O–H groups in total. The van der Waals surface area contributed by atoms with Crippen molar-refractivity contribution in [3.8, 4) is 17.0 Å². The Labute approximate surface area is 212 Å². The summed E-state index contributed by atoms with van der Waals surface area (Å²) in [6, 6.07) is 20.2. The maximum absolute atomic E-state index is 13.2.